The molecule has 3 aromatic rings. The van der Waals surface area contributed by atoms with Crippen molar-refractivity contribution >= 4 is 5.91 Å². The number of carbonyl (C=O) groups is 1. The number of hydrogen-bond donors (Lipinski definition) is 1. The van der Waals surface area contributed by atoms with Gasteiger partial charge < -0.3 is 14.6 Å². The van der Waals surface area contributed by atoms with Crippen LogP contribution in [0.15, 0.2) is 59.7 Å². The molecule has 0 radical (unpaired) electrons. The standard InChI is InChI=1S/C22H20FN3O3/c1-14-2-7-21(25-10-14)29-13-19-9-17-8-18(23)5-3-16(17)12-26(19)22(28)15-4-6-20(27)24-11-15/h2-8,10-11,19H,9,12-13H2,1H3,(H,24,27)/t19-/m0/s1. The van der Waals surface area contributed by atoms with Gasteiger partial charge in [-0.1, -0.05) is 12.1 Å². The maximum Gasteiger partial charge on any atom is 0.256 e. The maximum atomic E-state index is 13.7. The van der Waals surface area contributed by atoms with Crippen LogP contribution in [0.2, 0.25) is 0 Å². The number of aryl methyl sites for hydroxylation is 1. The number of fused-ring (bicyclic) bond motifs is 1. The topological polar surface area (TPSA) is 75.3 Å². The highest BCUT2D eigenvalue weighted by Crippen LogP contribution is 2.26. The second-order valence-electron chi connectivity index (χ2n) is 7.13. The molecule has 7 heteroatoms. The van der Waals surface area contributed by atoms with Crippen molar-refractivity contribution in [3.8, 4) is 5.88 Å². The van der Waals surface area contributed by atoms with Crippen LogP contribution in [0.3, 0.4) is 0 Å². The molecule has 0 spiro atoms. The Balaban J connectivity index is 1.60. The number of nitrogens with one attached hydrogen (secondary N) is 1. The van der Waals surface area contributed by atoms with Crippen molar-refractivity contribution in [3.05, 3.63) is 93.3 Å². The van der Waals surface area contributed by atoms with Crippen LogP contribution in [0.25, 0.3) is 0 Å². The molecule has 1 N–H and O–H groups in total. The molecule has 1 aromatic carbocycles. The molecular formula is C22H20FN3O3. The Morgan fingerprint density at radius 1 is 1.24 bits per heavy atom. The third kappa shape index (κ3) is 4.18. The van der Waals surface area contributed by atoms with Crippen molar-refractivity contribution < 1.29 is 13.9 Å². The third-order valence-electron chi connectivity index (χ3n) is 5.01. The highest BCUT2D eigenvalue weighted by Gasteiger charge is 2.31. The van der Waals surface area contributed by atoms with Crippen LogP contribution in [0.5, 0.6) is 5.88 Å². The van der Waals surface area contributed by atoms with Gasteiger partial charge in [0.2, 0.25) is 11.4 Å². The van der Waals surface area contributed by atoms with Crippen LogP contribution in [0, 0.1) is 12.7 Å². The van der Waals surface area contributed by atoms with E-state index in [1.165, 1.54) is 30.5 Å². The van der Waals surface area contributed by atoms with Crippen LogP contribution in [-0.2, 0) is 13.0 Å². The van der Waals surface area contributed by atoms with Gasteiger partial charge in [-0.2, -0.15) is 0 Å². The minimum absolute atomic E-state index is 0.221. The summed E-state index contributed by atoms with van der Waals surface area (Å²) in [6.45, 7) is 2.50. The lowest BCUT2D eigenvalue weighted by atomic mass is 9.93. The smallest absolute Gasteiger partial charge is 0.256 e. The summed E-state index contributed by atoms with van der Waals surface area (Å²) in [7, 11) is 0. The summed E-state index contributed by atoms with van der Waals surface area (Å²) in [6.07, 6.45) is 3.59. The zero-order valence-electron chi connectivity index (χ0n) is 15.9. The number of benzene rings is 1. The monoisotopic (exact) mass is 393 g/mol. The van der Waals surface area contributed by atoms with Crippen LogP contribution in [0.1, 0.15) is 27.0 Å². The van der Waals surface area contributed by atoms with E-state index >= 15 is 0 Å². The normalized spacial score (nSPS) is 15.7. The first-order valence-corrected chi connectivity index (χ1v) is 9.32. The average Bonchev–Trinajstić information content (AvgIpc) is 2.72. The SMILES string of the molecule is Cc1ccc(OC[C@@H]2Cc3cc(F)ccc3CN2C(=O)c2ccc(=O)[nH]c2)nc1. The second-order valence-corrected chi connectivity index (χ2v) is 7.13. The van der Waals surface area contributed by atoms with Gasteiger partial charge in [0.05, 0.1) is 11.6 Å². The van der Waals surface area contributed by atoms with E-state index in [2.05, 4.69) is 9.97 Å². The quantitative estimate of drug-likeness (QED) is 0.740. The van der Waals surface area contributed by atoms with E-state index in [4.69, 9.17) is 4.74 Å². The number of halogens is 1. The van der Waals surface area contributed by atoms with Crippen molar-refractivity contribution in [1.29, 1.82) is 0 Å². The minimum atomic E-state index is -0.302. The Labute approximate surface area is 167 Å². The summed E-state index contributed by atoms with van der Waals surface area (Å²) in [6, 6.07) is 10.8. The maximum absolute atomic E-state index is 13.7. The number of aromatic amines is 1. The highest BCUT2D eigenvalue weighted by molar-refractivity contribution is 5.94. The summed E-state index contributed by atoms with van der Waals surface area (Å²) in [5.41, 5.74) is 2.89. The van der Waals surface area contributed by atoms with Crippen LogP contribution >= 0.6 is 0 Å². The molecule has 29 heavy (non-hydrogen) atoms. The number of pyridine rings is 2. The summed E-state index contributed by atoms with van der Waals surface area (Å²) < 4.78 is 19.5. The number of hydrogen-bond acceptors (Lipinski definition) is 4. The summed E-state index contributed by atoms with van der Waals surface area (Å²) >= 11 is 0. The minimum Gasteiger partial charge on any atom is -0.475 e. The summed E-state index contributed by atoms with van der Waals surface area (Å²) in [5.74, 6) is -0.0530. The van der Waals surface area contributed by atoms with Crippen LogP contribution in [0.4, 0.5) is 4.39 Å². The predicted molar refractivity (Wildman–Crippen MR) is 105 cm³/mol. The van der Waals surface area contributed by atoms with E-state index < -0.39 is 0 Å². The third-order valence-corrected chi connectivity index (χ3v) is 5.01. The fourth-order valence-electron chi connectivity index (χ4n) is 3.43. The van der Waals surface area contributed by atoms with E-state index in [-0.39, 0.29) is 29.9 Å². The van der Waals surface area contributed by atoms with Gasteiger partial charge in [0.25, 0.3) is 5.91 Å². The fourth-order valence-corrected chi connectivity index (χ4v) is 3.43. The van der Waals surface area contributed by atoms with Crippen molar-refractivity contribution in [2.24, 2.45) is 0 Å². The number of aromatic nitrogens is 2. The Hall–Kier alpha value is -3.48. The van der Waals surface area contributed by atoms with E-state index in [9.17, 15) is 14.0 Å². The first-order chi connectivity index (χ1) is 14.0. The van der Waals surface area contributed by atoms with E-state index in [0.717, 1.165) is 16.7 Å². The molecule has 0 fully saturated rings. The first kappa shape index (κ1) is 18.9. The zero-order valence-corrected chi connectivity index (χ0v) is 15.9. The Morgan fingerprint density at radius 3 is 2.83 bits per heavy atom. The molecule has 3 heterocycles. The Bertz CT molecular complexity index is 1070. The second kappa shape index (κ2) is 7.87. The Kier molecular flexibility index (Phi) is 5.12. The lowest BCUT2D eigenvalue weighted by Crippen LogP contribution is -2.47. The van der Waals surface area contributed by atoms with Gasteiger partial charge in [0, 0.05) is 31.1 Å². The number of amides is 1. The van der Waals surface area contributed by atoms with Gasteiger partial charge in [-0.05, 0) is 48.2 Å². The van der Waals surface area contributed by atoms with Crippen molar-refractivity contribution in [1.82, 2.24) is 14.9 Å². The zero-order chi connectivity index (χ0) is 20.4. The molecule has 148 valence electrons. The molecule has 1 amide bonds. The van der Waals surface area contributed by atoms with Gasteiger partial charge in [-0.3, -0.25) is 9.59 Å². The largest absolute Gasteiger partial charge is 0.475 e. The summed E-state index contributed by atoms with van der Waals surface area (Å²) in [4.78, 5) is 32.9. The lowest BCUT2D eigenvalue weighted by molar-refractivity contribution is 0.0562. The van der Waals surface area contributed by atoms with E-state index in [1.807, 2.05) is 13.0 Å². The number of H-pyrrole nitrogens is 1. The van der Waals surface area contributed by atoms with Crippen molar-refractivity contribution in [2.75, 3.05) is 6.61 Å². The molecule has 2 aromatic heterocycles. The summed E-state index contributed by atoms with van der Waals surface area (Å²) in [5, 5.41) is 0. The molecule has 0 unspecified atom stereocenters. The number of rotatable bonds is 4. The van der Waals surface area contributed by atoms with E-state index in [0.29, 0.717) is 24.4 Å². The molecule has 1 aliphatic heterocycles. The van der Waals surface area contributed by atoms with Crippen molar-refractivity contribution in [3.63, 3.8) is 0 Å². The molecule has 1 aliphatic rings. The predicted octanol–water partition coefficient (Wildman–Crippen LogP) is 2.86. The molecule has 0 saturated carbocycles. The Morgan fingerprint density at radius 2 is 2.10 bits per heavy atom. The van der Waals surface area contributed by atoms with Gasteiger partial charge in [-0.15, -0.1) is 0 Å². The molecular weight excluding hydrogens is 373 g/mol. The molecule has 0 aliphatic carbocycles. The van der Waals surface area contributed by atoms with Gasteiger partial charge in [0.15, 0.2) is 0 Å². The average molecular weight is 393 g/mol. The van der Waals surface area contributed by atoms with Crippen LogP contribution in [-0.4, -0.2) is 33.4 Å². The lowest BCUT2D eigenvalue weighted by Gasteiger charge is -2.36. The molecule has 0 bridgehead atoms. The van der Waals surface area contributed by atoms with Gasteiger partial charge in [-0.25, -0.2) is 9.37 Å². The highest BCUT2D eigenvalue weighted by atomic mass is 19.1. The van der Waals surface area contributed by atoms with E-state index in [1.54, 1.807) is 23.2 Å². The number of ether oxygens (including phenoxy) is 1. The fraction of sp³-hybridized carbons (Fsp3) is 0.227. The molecule has 4 rings (SSSR count). The van der Waals surface area contributed by atoms with Gasteiger partial charge in [0.1, 0.15) is 12.4 Å². The van der Waals surface area contributed by atoms with Gasteiger partial charge >= 0.3 is 0 Å². The first-order valence-electron chi connectivity index (χ1n) is 9.32. The van der Waals surface area contributed by atoms with Crippen LogP contribution < -0.4 is 10.3 Å². The van der Waals surface area contributed by atoms with Crippen molar-refractivity contribution in [2.45, 2.75) is 25.9 Å². The number of nitrogens with zero attached hydrogens (tertiary/aromatic N) is 2. The molecule has 6 nitrogen and oxygen atoms in total. The number of carbonyl (C=O) groups excluding carboxylic acids is 1. The molecule has 0 saturated heterocycles. The molecule has 1 atom stereocenters.